The zero-order valence-corrected chi connectivity index (χ0v) is 17.9. The molecular formula is C25H20ClN3O3. The number of nitrogens with zero attached hydrogens (tertiary/aromatic N) is 3. The van der Waals surface area contributed by atoms with Crippen molar-refractivity contribution in [2.75, 3.05) is 11.4 Å². The molecule has 1 aliphatic heterocycles. The predicted molar refractivity (Wildman–Crippen MR) is 122 cm³/mol. The molecule has 0 bridgehead atoms. The van der Waals surface area contributed by atoms with Gasteiger partial charge in [0.05, 0.1) is 16.6 Å². The Hall–Kier alpha value is -3.64. The molecule has 1 aliphatic rings. The van der Waals surface area contributed by atoms with E-state index in [9.17, 15) is 4.79 Å². The molecule has 3 aromatic carbocycles. The second-order valence-corrected chi connectivity index (χ2v) is 8.02. The maximum Gasteiger partial charge on any atom is 0.232 e. The van der Waals surface area contributed by atoms with E-state index in [1.807, 2.05) is 72.8 Å². The van der Waals surface area contributed by atoms with Gasteiger partial charge in [-0.25, -0.2) is 0 Å². The Kier molecular flexibility index (Phi) is 5.60. The van der Waals surface area contributed by atoms with Gasteiger partial charge in [-0.1, -0.05) is 59.2 Å². The third-order valence-corrected chi connectivity index (χ3v) is 5.74. The molecule has 0 saturated carbocycles. The number of amides is 1. The van der Waals surface area contributed by atoms with E-state index in [1.165, 1.54) is 0 Å². The summed E-state index contributed by atoms with van der Waals surface area (Å²) >= 11 is 6.26. The molecule has 32 heavy (non-hydrogen) atoms. The fraction of sp³-hybridized carbons (Fsp3) is 0.160. The van der Waals surface area contributed by atoms with Crippen LogP contribution in [0.15, 0.2) is 83.4 Å². The average Bonchev–Trinajstić information content (AvgIpc) is 3.46. The monoisotopic (exact) mass is 445 g/mol. The Labute approximate surface area is 190 Å². The molecule has 1 saturated heterocycles. The van der Waals surface area contributed by atoms with Crippen molar-refractivity contribution in [3.63, 3.8) is 0 Å². The van der Waals surface area contributed by atoms with Crippen LogP contribution in [0.3, 0.4) is 0 Å². The minimum absolute atomic E-state index is 0.0113. The van der Waals surface area contributed by atoms with E-state index in [4.69, 9.17) is 20.9 Å². The fourth-order valence-electron chi connectivity index (χ4n) is 3.74. The molecule has 4 aromatic rings. The molecule has 7 heteroatoms. The highest BCUT2D eigenvalue weighted by molar-refractivity contribution is 6.33. The van der Waals surface area contributed by atoms with Gasteiger partial charge in [0.1, 0.15) is 12.4 Å². The number of anilines is 1. The molecule has 1 fully saturated rings. The topological polar surface area (TPSA) is 68.5 Å². The summed E-state index contributed by atoms with van der Waals surface area (Å²) in [6.45, 7) is 0.959. The Morgan fingerprint density at radius 3 is 2.53 bits per heavy atom. The zero-order chi connectivity index (χ0) is 21.9. The third-order valence-electron chi connectivity index (χ3n) is 5.42. The molecule has 0 N–H and O–H groups in total. The normalized spacial score (nSPS) is 15.8. The highest BCUT2D eigenvalue weighted by Gasteiger charge is 2.35. The molecule has 1 unspecified atom stereocenters. The fourth-order valence-corrected chi connectivity index (χ4v) is 3.97. The Balaban J connectivity index is 1.26. The SMILES string of the molecule is O=C1CC(c2nc(-c3ccc(OCc4ccccc4)cc3)no2)CN1c1ccccc1Cl. The number of ether oxygens (including phenoxy) is 1. The summed E-state index contributed by atoms with van der Waals surface area (Å²) in [6, 6.07) is 24.9. The second kappa shape index (κ2) is 8.85. The van der Waals surface area contributed by atoms with Gasteiger partial charge in [-0.15, -0.1) is 0 Å². The maximum atomic E-state index is 12.6. The highest BCUT2D eigenvalue weighted by Crippen LogP contribution is 2.35. The van der Waals surface area contributed by atoms with Crippen molar-refractivity contribution >= 4 is 23.2 Å². The van der Waals surface area contributed by atoms with Crippen molar-refractivity contribution in [2.45, 2.75) is 18.9 Å². The van der Waals surface area contributed by atoms with E-state index in [1.54, 1.807) is 11.0 Å². The van der Waals surface area contributed by atoms with Gasteiger partial charge in [0.2, 0.25) is 17.6 Å². The quantitative estimate of drug-likeness (QED) is 0.392. The van der Waals surface area contributed by atoms with Crippen LogP contribution in [0.5, 0.6) is 5.75 Å². The molecule has 0 aliphatic carbocycles. The lowest BCUT2D eigenvalue weighted by atomic mass is 10.1. The van der Waals surface area contributed by atoms with Crippen LogP contribution in [0.1, 0.15) is 23.8 Å². The van der Waals surface area contributed by atoms with Gasteiger partial charge in [0, 0.05) is 18.5 Å². The van der Waals surface area contributed by atoms with E-state index in [2.05, 4.69) is 10.1 Å². The lowest BCUT2D eigenvalue weighted by molar-refractivity contribution is -0.117. The first-order valence-electron chi connectivity index (χ1n) is 10.3. The summed E-state index contributed by atoms with van der Waals surface area (Å²) in [5, 5.41) is 4.66. The van der Waals surface area contributed by atoms with Crippen LogP contribution in [0.25, 0.3) is 11.4 Å². The molecule has 5 rings (SSSR count). The van der Waals surface area contributed by atoms with Gasteiger partial charge in [0.25, 0.3) is 0 Å². The maximum absolute atomic E-state index is 12.6. The number of rotatable bonds is 6. The number of carbonyl (C=O) groups excluding carboxylic acids is 1. The Morgan fingerprint density at radius 2 is 1.75 bits per heavy atom. The standard InChI is InChI=1S/C25H20ClN3O3/c26-21-8-4-5-9-22(21)29-15-19(14-23(29)30)25-27-24(28-32-25)18-10-12-20(13-11-18)31-16-17-6-2-1-3-7-17/h1-13,19H,14-16H2. The van der Waals surface area contributed by atoms with Crippen molar-refractivity contribution in [3.8, 4) is 17.1 Å². The molecule has 0 spiro atoms. The number of benzene rings is 3. The first-order valence-corrected chi connectivity index (χ1v) is 10.7. The van der Waals surface area contributed by atoms with E-state index >= 15 is 0 Å². The summed E-state index contributed by atoms with van der Waals surface area (Å²) in [5.74, 6) is 1.51. The number of para-hydroxylation sites is 1. The van der Waals surface area contributed by atoms with Gasteiger partial charge in [-0.2, -0.15) is 4.98 Å². The van der Waals surface area contributed by atoms with Crippen molar-refractivity contribution in [1.29, 1.82) is 0 Å². The summed E-state index contributed by atoms with van der Waals surface area (Å²) in [4.78, 5) is 18.8. The van der Waals surface area contributed by atoms with Gasteiger partial charge >= 0.3 is 0 Å². The van der Waals surface area contributed by atoms with Crippen LogP contribution in [-0.4, -0.2) is 22.6 Å². The van der Waals surface area contributed by atoms with Crippen LogP contribution in [0, 0.1) is 0 Å². The molecule has 2 heterocycles. The average molecular weight is 446 g/mol. The van der Waals surface area contributed by atoms with Crippen LogP contribution < -0.4 is 9.64 Å². The third kappa shape index (κ3) is 4.22. The van der Waals surface area contributed by atoms with E-state index < -0.39 is 0 Å². The summed E-state index contributed by atoms with van der Waals surface area (Å²) in [7, 11) is 0. The van der Waals surface area contributed by atoms with Crippen molar-refractivity contribution in [1.82, 2.24) is 10.1 Å². The number of hydrogen-bond donors (Lipinski definition) is 0. The van der Waals surface area contributed by atoms with Crippen molar-refractivity contribution in [2.24, 2.45) is 0 Å². The van der Waals surface area contributed by atoms with Crippen LogP contribution in [0.2, 0.25) is 5.02 Å². The molecule has 6 nitrogen and oxygen atoms in total. The molecule has 1 amide bonds. The zero-order valence-electron chi connectivity index (χ0n) is 17.1. The Bertz CT molecular complexity index is 1220. The van der Waals surface area contributed by atoms with E-state index in [0.29, 0.717) is 42.0 Å². The lowest BCUT2D eigenvalue weighted by Crippen LogP contribution is -2.24. The molecule has 1 atom stereocenters. The summed E-state index contributed by atoms with van der Waals surface area (Å²) in [5.41, 5.74) is 2.63. The minimum atomic E-state index is -0.173. The number of hydrogen-bond acceptors (Lipinski definition) is 5. The number of halogens is 1. The molecule has 1 aromatic heterocycles. The number of aromatic nitrogens is 2. The Morgan fingerprint density at radius 1 is 1.00 bits per heavy atom. The van der Waals surface area contributed by atoms with Gasteiger partial charge in [-0.05, 0) is 42.0 Å². The molecule has 0 radical (unpaired) electrons. The van der Waals surface area contributed by atoms with Crippen LogP contribution in [-0.2, 0) is 11.4 Å². The lowest BCUT2D eigenvalue weighted by Gasteiger charge is -2.17. The first kappa shape index (κ1) is 20.3. The summed E-state index contributed by atoms with van der Waals surface area (Å²) < 4.78 is 11.3. The van der Waals surface area contributed by atoms with E-state index in [0.717, 1.165) is 16.9 Å². The predicted octanol–water partition coefficient (Wildman–Crippen LogP) is 5.49. The summed E-state index contributed by atoms with van der Waals surface area (Å²) in [6.07, 6.45) is 0.305. The van der Waals surface area contributed by atoms with Crippen molar-refractivity contribution < 1.29 is 14.1 Å². The highest BCUT2D eigenvalue weighted by atomic mass is 35.5. The van der Waals surface area contributed by atoms with Gasteiger partial charge in [0.15, 0.2) is 0 Å². The largest absolute Gasteiger partial charge is 0.489 e. The minimum Gasteiger partial charge on any atom is -0.489 e. The van der Waals surface area contributed by atoms with Gasteiger partial charge in [-0.3, -0.25) is 4.79 Å². The van der Waals surface area contributed by atoms with Gasteiger partial charge < -0.3 is 14.2 Å². The smallest absolute Gasteiger partial charge is 0.232 e. The van der Waals surface area contributed by atoms with Crippen LogP contribution in [0.4, 0.5) is 5.69 Å². The molecule has 160 valence electrons. The second-order valence-electron chi connectivity index (χ2n) is 7.61. The van der Waals surface area contributed by atoms with Crippen LogP contribution >= 0.6 is 11.6 Å². The van der Waals surface area contributed by atoms with Crippen molar-refractivity contribution in [3.05, 3.63) is 95.3 Å². The molecular weight excluding hydrogens is 426 g/mol. The number of carbonyl (C=O) groups is 1. The van der Waals surface area contributed by atoms with E-state index in [-0.39, 0.29) is 11.8 Å². The first-order chi connectivity index (χ1) is 15.7.